The zero-order chi connectivity index (χ0) is 15.5. The molecule has 22 heavy (non-hydrogen) atoms. The number of hydrogen-bond donors (Lipinski definition) is 1. The Morgan fingerprint density at radius 3 is 2.91 bits per heavy atom. The molecular formula is C16H15N3OS2. The summed E-state index contributed by atoms with van der Waals surface area (Å²) in [4.78, 5) is 22.4. The molecule has 3 rings (SSSR count). The summed E-state index contributed by atoms with van der Waals surface area (Å²) in [6.45, 7) is 3.59. The standard InChI is InChI=1S/C16H15N3OS2/c1-3-14-19-15(12-5-4-8-21-12)16(22-14)11-6-7-17-13(9-11)18-10(2)20/h4-9H,3H2,1-2H3,(H,17,18,20). The average Bonchev–Trinajstić information content (AvgIpc) is 3.16. The first-order chi connectivity index (χ1) is 10.7. The Morgan fingerprint density at radius 1 is 1.36 bits per heavy atom. The van der Waals surface area contributed by atoms with Crippen molar-refractivity contribution in [3.05, 3.63) is 40.8 Å². The van der Waals surface area contributed by atoms with Crippen LogP contribution in [0.25, 0.3) is 21.0 Å². The molecular weight excluding hydrogens is 314 g/mol. The normalized spacial score (nSPS) is 10.6. The van der Waals surface area contributed by atoms with Crippen molar-refractivity contribution in [2.75, 3.05) is 5.32 Å². The first-order valence-electron chi connectivity index (χ1n) is 6.95. The van der Waals surface area contributed by atoms with E-state index in [9.17, 15) is 4.79 Å². The molecule has 1 amide bonds. The maximum Gasteiger partial charge on any atom is 0.222 e. The van der Waals surface area contributed by atoms with Crippen molar-refractivity contribution in [1.82, 2.24) is 9.97 Å². The van der Waals surface area contributed by atoms with Crippen molar-refractivity contribution in [3.63, 3.8) is 0 Å². The Labute approximate surface area is 136 Å². The number of thiophene rings is 1. The van der Waals surface area contributed by atoms with Gasteiger partial charge in [-0.05, 0) is 35.6 Å². The summed E-state index contributed by atoms with van der Waals surface area (Å²) in [5.41, 5.74) is 2.04. The topological polar surface area (TPSA) is 54.9 Å². The molecule has 0 saturated heterocycles. The van der Waals surface area contributed by atoms with Crippen molar-refractivity contribution < 1.29 is 4.79 Å². The molecule has 0 saturated carbocycles. The first-order valence-corrected chi connectivity index (χ1v) is 8.64. The quantitative estimate of drug-likeness (QED) is 0.769. The van der Waals surface area contributed by atoms with E-state index in [1.54, 1.807) is 28.9 Å². The molecule has 4 nitrogen and oxygen atoms in total. The van der Waals surface area contributed by atoms with E-state index in [0.29, 0.717) is 5.82 Å². The number of pyridine rings is 1. The summed E-state index contributed by atoms with van der Waals surface area (Å²) in [6.07, 6.45) is 2.62. The molecule has 0 fully saturated rings. The molecule has 0 bridgehead atoms. The summed E-state index contributed by atoms with van der Waals surface area (Å²) < 4.78 is 0. The van der Waals surface area contributed by atoms with Crippen LogP contribution >= 0.6 is 22.7 Å². The number of hydrogen-bond acceptors (Lipinski definition) is 5. The molecule has 3 aromatic rings. The van der Waals surface area contributed by atoms with Crippen LogP contribution in [0.15, 0.2) is 35.8 Å². The number of rotatable bonds is 4. The van der Waals surface area contributed by atoms with E-state index in [2.05, 4.69) is 28.7 Å². The van der Waals surface area contributed by atoms with Crippen LogP contribution in [0.1, 0.15) is 18.9 Å². The van der Waals surface area contributed by atoms with Gasteiger partial charge in [-0.3, -0.25) is 4.79 Å². The fourth-order valence-corrected chi connectivity index (χ4v) is 3.91. The van der Waals surface area contributed by atoms with Gasteiger partial charge in [-0.25, -0.2) is 9.97 Å². The third kappa shape index (κ3) is 3.08. The van der Waals surface area contributed by atoms with Gasteiger partial charge >= 0.3 is 0 Å². The summed E-state index contributed by atoms with van der Waals surface area (Å²) in [5, 5.41) is 5.89. The Hall–Kier alpha value is -2.05. The van der Waals surface area contributed by atoms with Gasteiger partial charge in [-0.15, -0.1) is 22.7 Å². The third-order valence-corrected chi connectivity index (χ3v) is 5.18. The summed E-state index contributed by atoms with van der Waals surface area (Å²) in [7, 11) is 0. The number of nitrogens with one attached hydrogen (secondary N) is 1. The van der Waals surface area contributed by atoms with Gasteiger partial charge < -0.3 is 5.32 Å². The highest BCUT2D eigenvalue weighted by atomic mass is 32.1. The summed E-state index contributed by atoms with van der Waals surface area (Å²) in [5.74, 6) is 0.440. The first kappa shape index (κ1) is 14.9. The van der Waals surface area contributed by atoms with Crippen molar-refractivity contribution in [3.8, 4) is 21.0 Å². The lowest BCUT2D eigenvalue weighted by Crippen LogP contribution is -2.07. The van der Waals surface area contributed by atoms with Gasteiger partial charge in [0.05, 0.1) is 20.5 Å². The smallest absolute Gasteiger partial charge is 0.222 e. The molecule has 0 unspecified atom stereocenters. The lowest BCUT2D eigenvalue weighted by atomic mass is 10.1. The van der Waals surface area contributed by atoms with Crippen molar-refractivity contribution >= 4 is 34.4 Å². The minimum absolute atomic E-state index is 0.123. The van der Waals surface area contributed by atoms with Crippen LogP contribution < -0.4 is 5.32 Å². The average molecular weight is 329 g/mol. The van der Waals surface area contributed by atoms with Gasteiger partial charge in [0, 0.05) is 13.1 Å². The van der Waals surface area contributed by atoms with Gasteiger partial charge in [0.15, 0.2) is 0 Å². The molecule has 3 heterocycles. The van der Waals surface area contributed by atoms with E-state index in [0.717, 1.165) is 32.4 Å². The van der Waals surface area contributed by atoms with Crippen LogP contribution in [0.2, 0.25) is 0 Å². The minimum atomic E-state index is -0.123. The van der Waals surface area contributed by atoms with Crippen molar-refractivity contribution in [2.24, 2.45) is 0 Å². The van der Waals surface area contributed by atoms with Crippen LogP contribution in [0, 0.1) is 0 Å². The zero-order valence-electron chi connectivity index (χ0n) is 12.3. The maximum absolute atomic E-state index is 11.2. The van der Waals surface area contributed by atoms with E-state index in [4.69, 9.17) is 4.98 Å². The van der Waals surface area contributed by atoms with Gasteiger partial charge in [0.25, 0.3) is 0 Å². The number of carbonyl (C=O) groups excluding carboxylic acids is 1. The minimum Gasteiger partial charge on any atom is -0.311 e. The zero-order valence-corrected chi connectivity index (χ0v) is 13.9. The fraction of sp³-hybridized carbons (Fsp3) is 0.188. The van der Waals surface area contributed by atoms with Gasteiger partial charge in [0.2, 0.25) is 5.91 Å². The SMILES string of the molecule is CCc1nc(-c2cccs2)c(-c2ccnc(NC(C)=O)c2)s1. The van der Waals surface area contributed by atoms with E-state index in [1.807, 2.05) is 18.2 Å². The molecule has 6 heteroatoms. The molecule has 0 aliphatic heterocycles. The second-order valence-corrected chi connectivity index (χ2v) is 6.76. The van der Waals surface area contributed by atoms with Crippen LogP contribution in [-0.2, 0) is 11.2 Å². The van der Waals surface area contributed by atoms with E-state index in [1.165, 1.54) is 6.92 Å². The number of anilines is 1. The predicted octanol–water partition coefficient (Wildman–Crippen LogP) is 4.45. The molecule has 3 aromatic heterocycles. The van der Waals surface area contributed by atoms with E-state index >= 15 is 0 Å². The van der Waals surface area contributed by atoms with Crippen LogP contribution in [0.4, 0.5) is 5.82 Å². The largest absolute Gasteiger partial charge is 0.311 e. The van der Waals surface area contributed by atoms with Gasteiger partial charge in [0.1, 0.15) is 5.82 Å². The molecule has 1 N–H and O–H groups in total. The highest BCUT2D eigenvalue weighted by Crippen LogP contribution is 2.39. The fourth-order valence-electron chi connectivity index (χ4n) is 2.11. The van der Waals surface area contributed by atoms with Crippen LogP contribution in [-0.4, -0.2) is 15.9 Å². The highest BCUT2D eigenvalue weighted by molar-refractivity contribution is 7.17. The summed E-state index contributed by atoms with van der Waals surface area (Å²) in [6, 6.07) is 7.96. The number of nitrogens with zero attached hydrogens (tertiary/aromatic N) is 2. The Bertz CT molecular complexity index is 794. The third-order valence-electron chi connectivity index (χ3n) is 3.05. The molecule has 0 aromatic carbocycles. The lowest BCUT2D eigenvalue weighted by molar-refractivity contribution is -0.114. The summed E-state index contributed by atoms with van der Waals surface area (Å²) >= 11 is 3.38. The molecule has 0 radical (unpaired) electrons. The molecule has 0 aliphatic rings. The van der Waals surface area contributed by atoms with Crippen molar-refractivity contribution in [1.29, 1.82) is 0 Å². The number of amides is 1. The van der Waals surface area contributed by atoms with Crippen molar-refractivity contribution in [2.45, 2.75) is 20.3 Å². The maximum atomic E-state index is 11.2. The van der Waals surface area contributed by atoms with Crippen LogP contribution in [0.5, 0.6) is 0 Å². The second-order valence-electron chi connectivity index (χ2n) is 4.73. The predicted molar refractivity (Wildman–Crippen MR) is 92.3 cm³/mol. The number of thiazole rings is 1. The Kier molecular flexibility index (Phi) is 4.31. The molecule has 0 atom stereocenters. The molecule has 0 spiro atoms. The monoisotopic (exact) mass is 329 g/mol. The lowest BCUT2D eigenvalue weighted by Gasteiger charge is -2.04. The molecule has 112 valence electrons. The number of aromatic nitrogens is 2. The number of aryl methyl sites for hydroxylation is 1. The van der Waals surface area contributed by atoms with Gasteiger partial charge in [-0.1, -0.05) is 13.0 Å². The van der Waals surface area contributed by atoms with E-state index < -0.39 is 0 Å². The van der Waals surface area contributed by atoms with Crippen LogP contribution in [0.3, 0.4) is 0 Å². The van der Waals surface area contributed by atoms with Gasteiger partial charge in [-0.2, -0.15) is 0 Å². The Morgan fingerprint density at radius 2 is 2.23 bits per heavy atom. The molecule has 0 aliphatic carbocycles. The number of carbonyl (C=O) groups is 1. The second kappa shape index (κ2) is 6.37. The highest BCUT2D eigenvalue weighted by Gasteiger charge is 2.15. The Balaban J connectivity index is 2.08. The van der Waals surface area contributed by atoms with E-state index in [-0.39, 0.29) is 5.91 Å².